The van der Waals surface area contributed by atoms with E-state index >= 15 is 0 Å². The summed E-state index contributed by atoms with van der Waals surface area (Å²) in [6.45, 7) is 2.10. The number of aromatic nitrogens is 4. The molecule has 0 bridgehead atoms. The van der Waals surface area contributed by atoms with Crippen LogP contribution in [0.5, 0.6) is 0 Å². The first-order chi connectivity index (χ1) is 14.6. The summed E-state index contributed by atoms with van der Waals surface area (Å²) >= 11 is 0. The number of hydrogen-bond acceptors (Lipinski definition) is 3. The standard InChI is InChI=1S/C24H20FN5/c1-16(30-11-8-22(28-30)17-12-18(25)14-19(26)13-17)21-15-20-6-3-5-10-29(20)24(21)23-7-2-4-9-27-23/h2-16H,26H2,1H3. The molecule has 1 aromatic carbocycles. The van der Waals surface area contributed by atoms with Crippen LogP contribution in [-0.4, -0.2) is 19.2 Å². The third kappa shape index (κ3) is 3.12. The van der Waals surface area contributed by atoms with Crippen molar-refractivity contribution >= 4 is 11.2 Å². The van der Waals surface area contributed by atoms with Gasteiger partial charge < -0.3 is 10.1 Å². The molecule has 6 heteroatoms. The van der Waals surface area contributed by atoms with Crippen LogP contribution < -0.4 is 5.73 Å². The van der Waals surface area contributed by atoms with Crippen LogP contribution in [0.3, 0.4) is 0 Å². The fourth-order valence-corrected chi connectivity index (χ4v) is 3.85. The third-order valence-corrected chi connectivity index (χ3v) is 5.29. The molecule has 0 amide bonds. The van der Waals surface area contributed by atoms with Crippen LogP contribution in [0.15, 0.2) is 85.3 Å². The molecule has 4 aromatic heterocycles. The SMILES string of the molecule is CC(c1cc2ccccn2c1-c1ccccn1)n1ccc(-c2cc(N)cc(F)c2)n1. The minimum atomic E-state index is -0.372. The minimum Gasteiger partial charge on any atom is -0.399 e. The van der Waals surface area contributed by atoms with Crippen molar-refractivity contribution in [3.05, 3.63) is 96.7 Å². The number of fused-ring (bicyclic) bond motifs is 1. The lowest BCUT2D eigenvalue weighted by Crippen LogP contribution is -2.08. The van der Waals surface area contributed by atoms with E-state index in [1.807, 2.05) is 53.5 Å². The maximum Gasteiger partial charge on any atom is 0.125 e. The van der Waals surface area contributed by atoms with Crippen LogP contribution >= 0.6 is 0 Å². The summed E-state index contributed by atoms with van der Waals surface area (Å²) in [5.74, 6) is -0.372. The molecular formula is C24H20FN5. The van der Waals surface area contributed by atoms with Gasteiger partial charge in [0.25, 0.3) is 0 Å². The smallest absolute Gasteiger partial charge is 0.125 e. The average Bonchev–Trinajstić information content (AvgIpc) is 3.38. The molecule has 4 heterocycles. The molecule has 1 atom stereocenters. The van der Waals surface area contributed by atoms with Crippen molar-refractivity contribution < 1.29 is 4.39 Å². The first-order valence-electron chi connectivity index (χ1n) is 9.73. The number of benzene rings is 1. The summed E-state index contributed by atoms with van der Waals surface area (Å²) in [7, 11) is 0. The quantitative estimate of drug-likeness (QED) is 0.424. The molecule has 0 aliphatic carbocycles. The van der Waals surface area contributed by atoms with E-state index in [2.05, 4.69) is 28.4 Å². The molecule has 5 rings (SSSR count). The van der Waals surface area contributed by atoms with Crippen molar-refractivity contribution in [2.75, 3.05) is 5.73 Å². The van der Waals surface area contributed by atoms with Crippen LogP contribution in [0.1, 0.15) is 18.5 Å². The molecule has 0 radical (unpaired) electrons. The topological polar surface area (TPSA) is 61.1 Å². The van der Waals surface area contributed by atoms with Gasteiger partial charge in [0.15, 0.2) is 0 Å². The molecule has 0 saturated heterocycles. The molecule has 148 valence electrons. The van der Waals surface area contributed by atoms with Gasteiger partial charge in [-0.15, -0.1) is 0 Å². The Morgan fingerprint density at radius 3 is 2.60 bits per heavy atom. The first-order valence-corrected chi connectivity index (χ1v) is 9.73. The second-order valence-electron chi connectivity index (χ2n) is 7.29. The monoisotopic (exact) mass is 397 g/mol. The predicted molar refractivity (Wildman–Crippen MR) is 116 cm³/mol. The molecular weight excluding hydrogens is 377 g/mol. The van der Waals surface area contributed by atoms with Crippen molar-refractivity contribution in [2.24, 2.45) is 0 Å². The second-order valence-corrected chi connectivity index (χ2v) is 7.29. The van der Waals surface area contributed by atoms with Crippen LogP contribution in [0.2, 0.25) is 0 Å². The summed E-state index contributed by atoms with van der Waals surface area (Å²) in [4.78, 5) is 4.57. The van der Waals surface area contributed by atoms with E-state index in [1.165, 1.54) is 12.1 Å². The third-order valence-electron chi connectivity index (χ3n) is 5.29. The lowest BCUT2D eigenvalue weighted by atomic mass is 10.1. The van der Waals surface area contributed by atoms with Crippen molar-refractivity contribution in [1.29, 1.82) is 0 Å². The fourth-order valence-electron chi connectivity index (χ4n) is 3.85. The normalized spacial score (nSPS) is 12.3. The zero-order valence-electron chi connectivity index (χ0n) is 16.4. The molecule has 0 spiro atoms. The van der Waals surface area contributed by atoms with Gasteiger partial charge in [0.2, 0.25) is 0 Å². The van der Waals surface area contributed by atoms with Gasteiger partial charge in [-0.05, 0) is 61.5 Å². The Hall–Kier alpha value is -3.93. The number of pyridine rings is 2. The highest BCUT2D eigenvalue weighted by Gasteiger charge is 2.20. The van der Waals surface area contributed by atoms with E-state index in [9.17, 15) is 4.39 Å². The van der Waals surface area contributed by atoms with E-state index in [4.69, 9.17) is 10.8 Å². The summed E-state index contributed by atoms with van der Waals surface area (Å²) in [5.41, 5.74) is 11.6. The van der Waals surface area contributed by atoms with Gasteiger partial charge in [0.05, 0.1) is 23.1 Å². The van der Waals surface area contributed by atoms with Crippen molar-refractivity contribution in [3.63, 3.8) is 0 Å². The van der Waals surface area contributed by atoms with Crippen molar-refractivity contribution in [3.8, 4) is 22.6 Å². The highest BCUT2D eigenvalue weighted by Crippen LogP contribution is 2.33. The minimum absolute atomic E-state index is 0.0541. The number of nitrogen functional groups attached to an aromatic ring is 1. The predicted octanol–water partition coefficient (Wildman–Crippen LogP) is 5.20. The summed E-state index contributed by atoms with van der Waals surface area (Å²) in [6, 6.07) is 20.5. The summed E-state index contributed by atoms with van der Waals surface area (Å²) in [6.07, 6.45) is 5.75. The highest BCUT2D eigenvalue weighted by molar-refractivity contribution is 5.70. The van der Waals surface area contributed by atoms with Gasteiger partial charge in [0, 0.05) is 40.9 Å². The van der Waals surface area contributed by atoms with Gasteiger partial charge >= 0.3 is 0 Å². The van der Waals surface area contributed by atoms with Gasteiger partial charge in [-0.25, -0.2) is 4.39 Å². The Bertz CT molecular complexity index is 1320. The molecule has 2 N–H and O–H groups in total. The second kappa shape index (κ2) is 7.15. The van der Waals surface area contributed by atoms with Gasteiger partial charge in [-0.1, -0.05) is 12.1 Å². The van der Waals surface area contributed by atoms with Crippen molar-refractivity contribution in [1.82, 2.24) is 19.2 Å². The zero-order chi connectivity index (χ0) is 20.7. The maximum atomic E-state index is 13.8. The number of hydrogen-bond donors (Lipinski definition) is 1. The van der Waals surface area contributed by atoms with E-state index in [1.54, 1.807) is 12.3 Å². The van der Waals surface area contributed by atoms with Gasteiger partial charge in [0.1, 0.15) is 5.82 Å². The summed E-state index contributed by atoms with van der Waals surface area (Å²) in [5, 5.41) is 4.71. The molecule has 0 aliphatic rings. The average molecular weight is 397 g/mol. The van der Waals surface area contributed by atoms with E-state index < -0.39 is 0 Å². The molecule has 0 fully saturated rings. The lowest BCUT2D eigenvalue weighted by Gasteiger charge is -2.14. The van der Waals surface area contributed by atoms with Gasteiger partial charge in [-0.3, -0.25) is 9.67 Å². The van der Waals surface area contributed by atoms with Crippen LogP contribution in [0.4, 0.5) is 10.1 Å². The summed E-state index contributed by atoms with van der Waals surface area (Å²) < 4.78 is 17.8. The van der Waals surface area contributed by atoms with Crippen LogP contribution in [0.25, 0.3) is 28.2 Å². The Morgan fingerprint density at radius 1 is 0.933 bits per heavy atom. The number of nitrogens with two attached hydrogens (primary N) is 1. The van der Waals surface area contributed by atoms with Crippen molar-refractivity contribution in [2.45, 2.75) is 13.0 Å². The highest BCUT2D eigenvalue weighted by atomic mass is 19.1. The zero-order valence-corrected chi connectivity index (χ0v) is 16.4. The Morgan fingerprint density at radius 2 is 1.80 bits per heavy atom. The molecule has 1 unspecified atom stereocenters. The van der Waals surface area contributed by atoms with Gasteiger partial charge in [-0.2, -0.15) is 5.10 Å². The molecule has 0 saturated carbocycles. The van der Waals surface area contributed by atoms with E-state index in [-0.39, 0.29) is 11.9 Å². The molecule has 5 aromatic rings. The molecule has 0 aliphatic heterocycles. The first kappa shape index (κ1) is 18.1. The largest absolute Gasteiger partial charge is 0.399 e. The maximum absolute atomic E-state index is 13.8. The number of rotatable bonds is 4. The fraction of sp³-hybridized carbons (Fsp3) is 0.0833. The van der Waals surface area contributed by atoms with Crippen LogP contribution in [0, 0.1) is 5.82 Å². The molecule has 5 nitrogen and oxygen atoms in total. The molecule has 30 heavy (non-hydrogen) atoms. The Balaban J connectivity index is 1.61. The van der Waals surface area contributed by atoms with E-state index in [0.29, 0.717) is 16.9 Å². The Labute approximate surface area is 173 Å². The number of nitrogens with zero attached hydrogens (tertiary/aromatic N) is 4. The van der Waals surface area contributed by atoms with Crippen LogP contribution in [-0.2, 0) is 0 Å². The number of anilines is 1. The Kier molecular flexibility index (Phi) is 4.32. The number of halogens is 1. The van der Waals surface area contributed by atoms with E-state index in [0.717, 1.165) is 22.5 Å². The lowest BCUT2D eigenvalue weighted by molar-refractivity contribution is 0.567.